The van der Waals surface area contributed by atoms with Crippen molar-refractivity contribution in [3.63, 3.8) is 0 Å². The Kier molecular flexibility index (Phi) is 4.32. The minimum atomic E-state index is -3.20. The van der Waals surface area contributed by atoms with Crippen molar-refractivity contribution in [3.8, 4) is 0 Å². The average Bonchev–Trinajstić information content (AvgIpc) is 2.15. The predicted molar refractivity (Wildman–Crippen MR) is 60.4 cm³/mol. The molecule has 0 radical (unpaired) electrons. The molecule has 1 saturated heterocycles. The number of carbonyl (C=O) groups is 1. The number of carbonyl (C=O) groups excluding carboxylic acids is 1. The number of hydrogen-bond acceptors (Lipinski definition) is 4. The first-order chi connectivity index (χ1) is 7.30. The number of ether oxygens (including phenoxy) is 1. The van der Waals surface area contributed by atoms with Gasteiger partial charge in [0, 0.05) is 13.1 Å². The quantitative estimate of drug-likeness (QED) is 0.687. The molecule has 0 aromatic rings. The van der Waals surface area contributed by atoms with E-state index in [1.165, 1.54) is 10.6 Å². The van der Waals surface area contributed by atoms with E-state index in [4.69, 9.17) is 4.74 Å². The Morgan fingerprint density at radius 3 is 2.56 bits per heavy atom. The predicted octanol–water partition coefficient (Wildman–Crippen LogP) is 0.610. The van der Waals surface area contributed by atoms with Crippen molar-refractivity contribution < 1.29 is 17.9 Å². The van der Waals surface area contributed by atoms with Crippen LogP contribution in [0, 0.1) is 5.92 Å². The number of esters is 1. The summed E-state index contributed by atoms with van der Waals surface area (Å²) in [5.41, 5.74) is 0. The van der Waals surface area contributed by atoms with E-state index in [1.807, 2.05) is 0 Å². The summed E-state index contributed by atoms with van der Waals surface area (Å²) in [4.78, 5) is 11.6. The van der Waals surface area contributed by atoms with Gasteiger partial charge < -0.3 is 4.74 Å². The molecule has 1 atom stereocenters. The van der Waals surface area contributed by atoms with Gasteiger partial charge in [0.15, 0.2) is 0 Å². The molecule has 5 nitrogen and oxygen atoms in total. The highest BCUT2D eigenvalue weighted by atomic mass is 32.2. The molecule has 94 valence electrons. The summed E-state index contributed by atoms with van der Waals surface area (Å²) in [6.45, 7) is 4.33. The molecule has 0 saturated carbocycles. The molecular weight excluding hydrogens is 230 g/mol. The van der Waals surface area contributed by atoms with Gasteiger partial charge >= 0.3 is 5.97 Å². The number of piperidine rings is 1. The zero-order chi connectivity index (χ0) is 12.3. The normalized spacial score (nSPS) is 23.4. The zero-order valence-electron chi connectivity index (χ0n) is 9.97. The van der Waals surface area contributed by atoms with Crippen molar-refractivity contribution in [2.45, 2.75) is 32.8 Å². The fourth-order valence-electron chi connectivity index (χ4n) is 1.76. The number of rotatable bonds is 3. The van der Waals surface area contributed by atoms with Crippen molar-refractivity contribution in [1.82, 2.24) is 4.31 Å². The Balaban J connectivity index is 2.60. The minimum absolute atomic E-state index is 0.152. The van der Waals surface area contributed by atoms with Crippen LogP contribution >= 0.6 is 0 Å². The van der Waals surface area contributed by atoms with Gasteiger partial charge in [-0.15, -0.1) is 0 Å². The van der Waals surface area contributed by atoms with Crippen molar-refractivity contribution >= 4 is 16.0 Å². The molecule has 1 aliphatic heterocycles. The van der Waals surface area contributed by atoms with Gasteiger partial charge in [0.1, 0.15) is 0 Å². The zero-order valence-corrected chi connectivity index (χ0v) is 10.8. The number of sulfonamides is 1. The Hall–Kier alpha value is -0.620. The molecule has 1 rings (SSSR count). The third-order valence-electron chi connectivity index (χ3n) is 2.54. The van der Waals surface area contributed by atoms with Crippen molar-refractivity contribution in [2.75, 3.05) is 19.3 Å². The third kappa shape index (κ3) is 3.75. The first-order valence-electron chi connectivity index (χ1n) is 5.46. The van der Waals surface area contributed by atoms with Gasteiger partial charge in [-0.1, -0.05) is 0 Å². The van der Waals surface area contributed by atoms with E-state index in [0.717, 1.165) is 0 Å². The highest BCUT2D eigenvalue weighted by Gasteiger charge is 2.31. The lowest BCUT2D eigenvalue weighted by molar-refractivity contribution is -0.153. The molecule has 6 heteroatoms. The van der Waals surface area contributed by atoms with Crippen LogP contribution in [-0.2, 0) is 19.6 Å². The highest BCUT2D eigenvalue weighted by Crippen LogP contribution is 2.20. The van der Waals surface area contributed by atoms with Crippen molar-refractivity contribution in [2.24, 2.45) is 5.92 Å². The van der Waals surface area contributed by atoms with Crippen LogP contribution in [0.4, 0.5) is 0 Å². The molecule has 0 aromatic heterocycles. The summed E-state index contributed by atoms with van der Waals surface area (Å²) in [5.74, 6) is -0.603. The molecule has 0 aromatic carbocycles. The molecule has 1 heterocycles. The fourth-order valence-corrected chi connectivity index (χ4v) is 2.68. The average molecular weight is 249 g/mol. The Bertz CT molecular complexity index is 350. The molecule has 0 amide bonds. The van der Waals surface area contributed by atoms with Crippen LogP contribution in [0.1, 0.15) is 26.7 Å². The lowest BCUT2D eigenvalue weighted by Gasteiger charge is -2.29. The largest absolute Gasteiger partial charge is 0.463 e. The third-order valence-corrected chi connectivity index (χ3v) is 3.81. The van der Waals surface area contributed by atoms with Crippen LogP contribution in [0.25, 0.3) is 0 Å². The van der Waals surface area contributed by atoms with Crippen molar-refractivity contribution in [1.29, 1.82) is 0 Å². The van der Waals surface area contributed by atoms with Gasteiger partial charge in [-0.05, 0) is 26.7 Å². The fraction of sp³-hybridized carbons (Fsp3) is 0.900. The van der Waals surface area contributed by atoms with E-state index in [-0.39, 0.29) is 24.5 Å². The number of hydrogen-bond donors (Lipinski definition) is 0. The molecule has 1 aliphatic rings. The van der Waals surface area contributed by atoms with E-state index >= 15 is 0 Å². The molecule has 1 unspecified atom stereocenters. The highest BCUT2D eigenvalue weighted by molar-refractivity contribution is 7.88. The monoisotopic (exact) mass is 249 g/mol. The summed E-state index contributed by atoms with van der Waals surface area (Å²) in [5, 5.41) is 0. The minimum Gasteiger partial charge on any atom is -0.463 e. The van der Waals surface area contributed by atoms with Gasteiger partial charge in [0.2, 0.25) is 10.0 Å². The van der Waals surface area contributed by atoms with Crippen LogP contribution in [0.15, 0.2) is 0 Å². The first kappa shape index (κ1) is 13.4. The van der Waals surface area contributed by atoms with Crippen LogP contribution in [0.5, 0.6) is 0 Å². The molecule has 0 spiro atoms. The summed E-state index contributed by atoms with van der Waals surface area (Å²) < 4.78 is 29.1. The smallest absolute Gasteiger partial charge is 0.310 e. The maximum atomic E-state index is 11.6. The van der Waals surface area contributed by atoms with Gasteiger partial charge in [-0.2, -0.15) is 0 Å². The SMILES string of the molecule is CC(C)OC(=O)C1CCCN(S(C)(=O)=O)C1. The van der Waals surface area contributed by atoms with E-state index in [2.05, 4.69) is 0 Å². The number of nitrogens with zero attached hydrogens (tertiary/aromatic N) is 1. The second-order valence-electron chi connectivity index (χ2n) is 4.45. The van der Waals surface area contributed by atoms with Crippen LogP contribution in [0.2, 0.25) is 0 Å². The van der Waals surface area contributed by atoms with E-state index < -0.39 is 10.0 Å². The van der Waals surface area contributed by atoms with E-state index in [0.29, 0.717) is 19.4 Å². The summed E-state index contributed by atoms with van der Waals surface area (Å²) >= 11 is 0. The van der Waals surface area contributed by atoms with Gasteiger partial charge in [-0.3, -0.25) is 4.79 Å². The topological polar surface area (TPSA) is 63.7 Å². The molecule has 0 aliphatic carbocycles. The second-order valence-corrected chi connectivity index (χ2v) is 6.43. The molecule has 16 heavy (non-hydrogen) atoms. The Morgan fingerprint density at radius 1 is 1.44 bits per heavy atom. The van der Waals surface area contributed by atoms with Crippen molar-refractivity contribution in [3.05, 3.63) is 0 Å². The second kappa shape index (κ2) is 5.14. The van der Waals surface area contributed by atoms with Gasteiger partial charge in [-0.25, -0.2) is 12.7 Å². The maximum Gasteiger partial charge on any atom is 0.310 e. The summed E-state index contributed by atoms with van der Waals surface area (Å²) in [6.07, 6.45) is 2.44. The maximum absolute atomic E-state index is 11.6. The molecule has 0 N–H and O–H groups in total. The Labute approximate surface area is 96.8 Å². The van der Waals surface area contributed by atoms with Gasteiger partial charge in [0.25, 0.3) is 0 Å². The first-order valence-corrected chi connectivity index (χ1v) is 7.31. The Morgan fingerprint density at radius 2 is 2.06 bits per heavy atom. The lowest BCUT2D eigenvalue weighted by atomic mass is 10.00. The molecule has 0 bridgehead atoms. The van der Waals surface area contributed by atoms with Crippen LogP contribution in [-0.4, -0.2) is 44.1 Å². The molecular formula is C10H19NO4S. The summed E-state index contributed by atoms with van der Waals surface area (Å²) in [7, 11) is -3.20. The van der Waals surface area contributed by atoms with Gasteiger partial charge in [0.05, 0.1) is 18.3 Å². The van der Waals surface area contributed by atoms with Crippen LogP contribution in [0.3, 0.4) is 0 Å². The molecule has 1 fully saturated rings. The lowest BCUT2D eigenvalue weighted by Crippen LogP contribution is -2.42. The van der Waals surface area contributed by atoms with E-state index in [9.17, 15) is 13.2 Å². The summed E-state index contributed by atoms with van der Waals surface area (Å²) in [6, 6.07) is 0. The standard InChI is InChI=1S/C10H19NO4S/c1-8(2)15-10(12)9-5-4-6-11(7-9)16(3,13)14/h8-9H,4-7H2,1-3H3. The van der Waals surface area contributed by atoms with Crippen LogP contribution < -0.4 is 0 Å². The van der Waals surface area contributed by atoms with E-state index in [1.54, 1.807) is 13.8 Å².